The molecular weight excluding hydrogens is 533 g/mol. The summed E-state index contributed by atoms with van der Waals surface area (Å²) in [6.45, 7) is 1.20. The molecule has 0 radical (unpaired) electrons. The summed E-state index contributed by atoms with van der Waals surface area (Å²) in [7, 11) is 0. The van der Waals surface area contributed by atoms with Gasteiger partial charge in [-0.3, -0.25) is 4.79 Å². The lowest BCUT2D eigenvalue weighted by atomic mass is 9.96. The summed E-state index contributed by atoms with van der Waals surface area (Å²) in [6.07, 6.45) is 2.05. The second-order valence-corrected chi connectivity index (χ2v) is 9.29. The Hall–Kier alpha value is -3.57. The number of hydrogen-bond acceptors (Lipinski definition) is 6. The van der Waals surface area contributed by atoms with E-state index < -0.39 is 23.9 Å². The van der Waals surface area contributed by atoms with Crippen LogP contribution in [0.3, 0.4) is 0 Å². The van der Waals surface area contributed by atoms with Crippen molar-refractivity contribution in [1.29, 1.82) is 0 Å². The predicted molar refractivity (Wildman–Crippen MR) is 135 cm³/mol. The first kappa shape index (κ1) is 25.5. The van der Waals surface area contributed by atoms with Crippen molar-refractivity contribution in [3.8, 4) is 11.3 Å². The minimum absolute atomic E-state index is 0.0949. The molecule has 4 rings (SSSR count). The topological polar surface area (TPSA) is 139 Å². The molecule has 0 saturated carbocycles. The van der Waals surface area contributed by atoms with Gasteiger partial charge in [-0.2, -0.15) is 0 Å². The molecule has 36 heavy (non-hydrogen) atoms. The molecule has 1 saturated heterocycles. The summed E-state index contributed by atoms with van der Waals surface area (Å²) in [5.41, 5.74) is 8.02. The van der Waals surface area contributed by atoms with Gasteiger partial charge in [-0.05, 0) is 42.7 Å². The van der Waals surface area contributed by atoms with E-state index >= 15 is 4.39 Å². The van der Waals surface area contributed by atoms with E-state index in [0.717, 1.165) is 23.0 Å². The summed E-state index contributed by atoms with van der Waals surface area (Å²) in [5, 5.41) is 14.0. The van der Waals surface area contributed by atoms with Crippen LogP contribution in [0, 0.1) is 5.82 Å². The van der Waals surface area contributed by atoms with Gasteiger partial charge in [0.1, 0.15) is 17.3 Å². The van der Waals surface area contributed by atoms with Gasteiger partial charge in [0.05, 0.1) is 23.5 Å². The monoisotopic (exact) mass is 557 g/mol. The molecule has 0 aliphatic carbocycles. The van der Waals surface area contributed by atoms with Crippen LogP contribution in [0.5, 0.6) is 0 Å². The van der Waals surface area contributed by atoms with Crippen LogP contribution in [-0.2, 0) is 4.74 Å². The molecule has 0 spiro atoms. The molecule has 3 aromatic rings. The van der Waals surface area contributed by atoms with E-state index in [2.05, 4.69) is 36.5 Å². The number of carbonyl (C=O) groups excluding carboxylic acids is 1. The number of anilines is 1. The van der Waals surface area contributed by atoms with Crippen LogP contribution in [-0.4, -0.2) is 46.8 Å². The standard InChI is InChI=1S/C25H25BrFN5O4/c26-17-3-1-2-15(10-17)21(13-30-25(34)35)32-24(33)18-5-4-16(11-19(18)27)22-23(28)29-12-20(31-22)14-6-8-36-9-7-14/h1-5,10-12,14,21,30H,6-9,13H2,(H2,28,29)(H,32,33)(H,34,35). The Kier molecular flexibility index (Phi) is 8.11. The number of nitrogens with two attached hydrogens (primary N) is 1. The zero-order valence-electron chi connectivity index (χ0n) is 19.2. The quantitative estimate of drug-likeness (QED) is 0.340. The minimum atomic E-state index is -1.23. The van der Waals surface area contributed by atoms with E-state index in [1.165, 1.54) is 12.1 Å². The van der Waals surface area contributed by atoms with E-state index in [1.54, 1.807) is 36.5 Å². The highest BCUT2D eigenvalue weighted by atomic mass is 79.9. The van der Waals surface area contributed by atoms with Gasteiger partial charge in [0.2, 0.25) is 0 Å². The number of amides is 2. The van der Waals surface area contributed by atoms with Gasteiger partial charge in [0, 0.05) is 35.7 Å². The van der Waals surface area contributed by atoms with E-state index in [1.807, 2.05) is 0 Å². The summed E-state index contributed by atoms with van der Waals surface area (Å²) in [4.78, 5) is 32.9. The third-order valence-corrected chi connectivity index (χ3v) is 6.45. The van der Waals surface area contributed by atoms with Gasteiger partial charge in [-0.1, -0.05) is 34.1 Å². The van der Waals surface area contributed by atoms with Crippen molar-refractivity contribution in [3.63, 3.8) is 0 Å². The van der Waals surface area contributed by atoms with Gasteiger partial charge < -0.3 is 26.2 Å². The molecule has 1 atom stereocenters. The molecule has 1 fully saturated rings. The summed E-state index contributed by atoms with van der Waals surface area (Å²) < 4.78 is 21.3. The lowest BCUT2D eigenvalue weighted by molar-refractivity contribution is 0.0844. The zero-order valence-corrected chi connectivity index (χ0v) is 20.8. The molecule has 188 valence electrons. The van der Waals surface area contributed by atoms with Gasteiger partial charge in [-0.15, -0.1) is 0 Å². The van der Waals surface area contributed by atoms with E-state index in [-0.39, 0.29) is 23.8 Å². The maximum atomic E-state index is 15.1. The fourth-order valence-corrected chi connectivity index (χ4v) is 4.48. The lowest BCUT2D eigenvalue weighted by Crippen LogP contribution is -2.37. The third kappa shape index (κ3) is 6.16. The van der Waals surface area contributed by atoms with E-state index in [0.29, 0.717) is 30.0 Å². The van der Waals surface area contributed by atoms with Crippen molar-refractivity contribution in [2.75, 3.05) is 25.5 Å². The smallest absolute Gasteiger partial charge is 0.404 e. The fraction of sp³-hybridized carbons (Fsp3) is 0.280. The number of hydrogen-bond donors (Lipinski definition) is 4. The van der Waals surface area contributed by atoms with Crippen LogP contribution in [0.1, 0.15) is 46.4 Å². The van der Waals surface area contributed by atoms with Crippen LogP contribution >= 0.6 is 15.9 Å². The van der Waals surface area contributed by atoms with Crippen molar-refractivity contribution in [3.05, 3.63) is 75.8 Å². The molecule has 2 aromatic carbocycles. The number of nitrogens with zero attached hydrogens (tertiary/aromatic N) is 2. The third-order valence-electron chi connectivity index (χ3n) is 5.96. The van der Waals surface area contributed by atoms with Crippen molar-refractivity contribution >= 4 is 33.7 Å². The normalized spacial score (nSPS) is 14.7. The predicted octanol–water partition coefficient (Wildman–Crippen LogP) is 4.26. The van der Waals surface area contributed by atoms with Crippen LogP contribution < -0.4 is 16.4 Å². The molecule has 2 heterocycles. The first-order valence-corrected chi connectivity index (χ1v) is 12.1. The van der Waals surface area contributed by atoms with Crippen LogP contribution in [0.2, 0.25) is 0 Å². The molecule has 1 aliphatic rings. The number of aromatic nitrogens is 2. The Morgan fingerprint density at radius 2 is 2.00 bits per heavy atom. The Morgan fingerprint density at radius 3 is 2.69 bits per heavy atom. The summed E-state index contributed by atoms with van der Waals surface area (Å²) in [6, 6.07) is 10.5. The van der Waals surface area contributed by atoms with Gasteiger partial charge in [0.15, 0.2) is 0 Å². The number of rotatable bonds is 7. The number of carbonyl (C=O) groups is 2. The molecule has 5 N–H and O–H groups in total. The molecule has 1 unspecified atom stereocenters. The average Bonchev–Trinajstić information content (AvgIpc) is 2.87. The van der Waals surface area contributed by atoms with Crippen LogP contribution in [0.4, 0.5) is 15.0 Å². The average molecular weight is 558 g/mol. The number of benzene rings is 2. The maximum absolute atomic E-state index is 15.1. The second kappa shape index (κ2) is 11.4. The van der Waals surface area contributed by atoms with Gasteiger partial charge in [0.25, 0.3) is 5.91 Å². The van der Waals surface area contributed by atoms with E-state index in [4.69, 9.17) is 15.6 Å². The van der Waals surface area contributed by atoms with E-state index in [9.17, 15) is 9.59 Å². The van der Waals surface area contributed by atoms with Crippen LogP contribution in [0.15, 0.2) is 53.1 Å². The fourth-order valence-electron chi connectivity index (χ4n) is 4.06. The Balaban J connectivity index is 1.56. The highest BCUT2D eigenvalue weighted by Crippen LogP contribution is 2.30. The van der Waals surface area contributed by atoms with Crippen molar-refractivity contribution in [2.45, 2.75) is 24.8 Å². The van der Waals surface area contributed by atoms with Crippen molar-refractivity contribution in [1.82, 2.24) is 20.6 Å². The summed E-state index contributed by atoms with van der Waals surface area (Å²) >= 11 is 3.36. The first-order chi connectivity index (χ1) is 17.3. The molecule has 2 amide bonds. The minimum Gasteiger partial charge on any atom is -0.465 e. The lowest BCUT2D eigenvalue weighted by Gasteiger charge is -2.22. The SMILES string of the molecule is Nc1ncc(C2CCOCC2)nc1-c1ccc(C(=O)NC(CNC(=O)O)c2cccc(Br)c2)c(F)c1. The number of nitrogen functional groups attached to an aromatic ring is 1. The molecule has 0 bridgehead atoms. The molecular formula is C25H25BrFN5O4. The number of nitrogens with one attached hydrogen (secondary N) is 2. The van der Waals surface area contributed by atoms with Gasteiger partial charge in [-0.25, -0.2) is 19.2 Å². The first-order valence-electron chi connectivity index (χ1n) is 11.3. The Morgan fingerprint density at radius 1 is 1.22 bits per heavy atom. The summed E-state index contributed by atoms with van der Waals surface area (Å²) in [5.74, 6) is -1.10. The molecule has 1 aromatic heterocycles. The maximum Gasteiger partial charge on any atom is 0.404 e. The highest BCUT2D eigenvalue weighted by molar-refractivity contribution is 9.10. The highest BCUT2D eigenvalue weighted by Gasteiger charge is 2.22. The largest absolute Gasteiger partial charge is 0.465 e. The zero-order chi connectivity index (χ0) is 25.7. The van der Waals surface area contributed by atoms with Crippen molar-refractivity contribution in [2.24, 2.45) is 0 Å². The van der Waals surface area contributed by atoms with Crippen molar-refractivity contribution < 1.29 is 23.8 Å². The number of ether oxygens (including phenoxy) is 1. The molecule has 1 aliphatic heterocycles. The van der Waals surface area contributed by atoms with Crippen LogP contribution in [0.25, 0.3) is 11.3 Å². The number of carboxylic acid groups (broad SMARTS) is 1. The Bertz CT molecular complexity index is 1270. The number of halogens is 2. The second-order valence-electron chi connectivity index (χ2n) is 8.38. The Labute approximate surface area is 215 Å². The molecule has 11 heteroatoms. The molecule has 9 nitrogen and oxygen atoms in total. The van der Waals surface area contributed by atoms with Gasteiger partial charge >= 0.3 is 6.09 Å².